The molecule has 0 bridgehead atoms. The molecule has 2 aromatic heterocycles. The lowest BCUT2D eigenvalue weighted by Crippen LogP contribution is -2.40. The van der Waals surface area contributed by atoms with E-state index in [0.29, 0.717) is 39.3 Å². The first-order valence-corrected chi connectivity index (χ1v) is 12.0. The minimum Gasteiger partial charge on any atom is -0.338 e. The average molecular weight is 480 g/mol. The summed E-state index contributed by atoms with van der Waals surface area (Å²) >= 11 is 1.12. The van der Waals surface area contributed by atoms with Crippen LogP contribution < -0.4 is 11.2 Å². The number of rotatable bonds is 7. The molecule has 2 heterocycles. The van der Waals surface area contributed by atoms with Gasteiger partial charge in [0.1, 0.15) is 10.6 Å². The van der Waals surface area contributed by atoms with Gasteiger partial charge in [-0.05, 0) is 38.0 Å². The van der Waals surface area contributed by atoms with Gasteiger partial charge in [-0.1, -0.05) is 48.5 Å². The Kier molecular flexibility index (Phi) is 6.79. The van der Waals surface area contributed by atoms with E-state index in [4.69, 9.17) is 0 Å². The highest BCUT2D eigenvalue weighted by Crippen LogP contribution is 2.29. The van der Waals surface area contributed by atoms with Gasteiger partial charge in [0.15, 0.2) is 0 Å². The predicted octanol–water partition coefficient (Wildman–Crippen LogP) is 4.25. The molecule has 0 aliphatic rings. The van der Waals surface area contributed by atoms with Gasteiger partial charge in [-0.2, -0.15) is 0 Å². The lowest BCUT2D eigenvalue weighted by molar-refractivity contribution is 0.0777. The number of nitrogens with zero attached hydrogens (tertiary/aromatic N) is 3. The van der Waals surface area contributed by atoms with Gasteiger partial charge in [-0.3, -0.25) is 18.7 Å². The second-order valence-corrected chi connectivity index (χ2v) is 9.05. The highest BCUT2D eigenvalue weighted by atomic mass is 32.1. The largest absolute Gasteiger partial charge is 0.338 e. The van der Waals surface area contributed by atoms with Gasteiger partial charge in [0, 0.05) is 18.7 Å². The summed E-state index contributed by atoms with van der Waals surface area (Å²) in [4.78, 5) is 42.8. The first kappa shape index (κ1) is 23.6. The van der Waals surface area contributed by atoms with Crippen LogP contribution >= 0.6 is 11.3 Å². The number of carbonyl (C=O) groups is 1. The smallest absolute Gasteiger partial charge is 0.332 e. The van der Waals surface area contributed by atoms with Crippen molar-refractivity contribution < 1.29 is 9.18 Å². The predicted molar refractivity (Wildman–Crippen MR) is 133 cm³/mol. The van der Waals surface area contributed by atoms with Crippen LogP contribution in [-0.2, 0) is 13.1 Å². The molecule has 2 aromatic carbocycles. The highest BCUT2D eigenvalue weighted by molar-refractivity contribution is 7.20. The molecule has 4 aromatic rings. The number of carbonyl (C=O) groups excluding carboxylic acids is 1. The fourth-order valence-electron chi connectivity index (χ4n) is 4.09. The average Bonchev–Trinajstić information content (AvgIpc) is 3.19. The van der Waals surface area contributed by atoms with Gasteiger partial charge in [0.25, 0.3) is 11.5 Å². The Morgan fingerprint density at radius 1 is 0.941 bits per heavy atom. The van der Waals surface area contributed by atoms with Crippen LogP contribution in [0.15, 0.2) is 64.2 Å². The molecule has 0 unspecified atom stereocenters. The molecular weight excluding hydrogens is 453 g/mol. The lowest BCUT2D eigenvalue weighted by atomic mass is 10.1. The van der Waals surface area contributed by atoms with Crippen LogP contribution in [0.5, 0.6) is 0 Å². The van der Waals surface area contributed by atoms with E-state index in [0.717, 1.165) is 16.9 Å². The number of halogens is 1. The standard InChI is InChI=1S/C26H26FN3O3S/c1-4-28(5-2)24(32)22-17(3)21-23(31)29(15-18-11-7-6-8-12-18)26(33)30(25(21)34-22)16-19-13-9-10-14-20(19)27/h6-14H,4-5,15-16H2,1-3H3. The van der Waals surface area contributed by atoms with Crippen molar-refractivity contribution in [2.24, 2.45) is 0 Å². The van der Waals surface area contributed by atoms with Gasteiger partial charge in [-0.15, -0.1) is 11.3 Å². The SMILES string of the molecule is CCN(CC)C(=O)c1sc2c(c1C)c(=O)n(Cc1ccccc1)c(=O)n2Cc1ccccc1F. The van der Waals surface area contributed by atoms with Gasteiger partial charge in [0.05, 0.1) is 23.4 Å². The summed E-state index contributed by atoms with van der Waals surface area (Å²) in [7, 11) is 0. The molecule has 0 spiro atoms. The van der Waals surface area contributed by atoms with Crippen LogP contribution in [-0.4, -0.2) is 33.0 Å². The van der Waals surface area contributed by atoms with E-state index >= 15 is 0 Å². The van der Waals surface area contributed by atoms with Crippen molar-refractivity contribution >= 4 is 27.5 Å². The lowest BCUT2D eigenvalue weighted by Gasteiger charge is -2.17. The Balaban J connectivity index is 1.99. The zero-order valence-electron chi connectivity index (χ0n) is 19.4. The minimum absolute atomic E-state index is 0.0457. The summed E-state index contributed by atoms with van der Waals surface area (Å²) in [6.45, 7) is 6.63. The third-order valence-electron chi connectivity index (χ3n) is 6.01. The number of fused-ring (bicyclic) bond motifs is 1. The molecule has 1 amide bonds. The molecule has 176 valence electrons. The van der Waals surface area contributed by atoms with E-state index in [-0.39, 0.29) is 19.0 Å². The summed E-state index contributed by atoms with van der Waals surface area (Å²) in [5.74, 6) is -0.612. The fourth-order valence-corrected chi connectivity index (χ4v) is 5.36. The van der Waals surface area contributed by atoms with Gasteiger partial charge < -0.3 is 4.90 Å². The molecule has 34 heavy (non-hydrogen) atoms. The minimum atomic E-state index is -0.535. The molecule has 0 saturated heterocycles. The molecule has 0 radical (unpaired) electrons. The molecule has 0 fully saturated rings. The number of hydrogen-bond donors (Lipinski definition) is 0. The zero-order valence-corrected chi connectivity index (χ0v) is 20.2. The molecule has 0 N–H and O–H groups in total. The zero-order chi connectivity index (χ0) is 24.4. The maximum Gasteiger partial charge on any atom is 0.332 e. The first-order chi connectivity index (χ1) is 16.4. The van der Waals surface area contributed by atoms with Crippen LogP contribution in [0.4, 0.5) is 4.39 Å². The maximum absolute atomic E-state index is 14.5. The van der Waals surface area contributed by atoms with Crippen LogP contribution in [0.2, 0.25) is 0 Å². The maximum atomic E-state index is 14.5. The van der Waals surface area contributed by atoms with E-state index in [9.17, 15) is 18.8 Å². The van der Waals surface area contributed by atoms with Gasteiger partial charge in [-0.25, -0.2) is 9.18 Å². The van der Waals surface area contributed by atoms with Crippen LogP contribution in [0.25, 0.3) is 10.2 Å². The number of aryl methyl sites for hydroxylation is 1. The summed E-state index contributed by atoms with van der Waals surface area (Å²) in [6, 6.07) is 15.5. The van der Waals surface area contributed by atoms with Crippen molar-refractivity contribution in [2.45, 2.75) is 33.9 Å². The van der Waals surface area contributed by atoms with Gasteiger partial charge >= 0.3 is 5.69 Å². The first-order valence-electron chi connectivity index (χ1n) is 11.2. The van der Waals surface area contributed by atoms with E-state index in [1.165, 1.54) is 15.2 Å². The molecular formula is C26H26FN3O3S. The third kappa shape index (κ3) is 4.21. The molecule has 0 aliphatic carbocycles. The Labute approximate surface area is 200 Å². The van der Waals surface area contributed by atoms with Crippen molar-refractivity contribution in [3.05, 3.63) is 103 Å². The van der Waals surface area contributed by atoms with Crippen molar-refractivity contribution in [2.75, 3.05) is 13.1 Å². The van der Waals surface area contributed by atoms with Crippen molar-refractivity contribution in [3.63, 3.8) is 0 Å². The van der Waals surface area contributed by atoms with Crippen LogP contribution in [0.3, 0.4) is 0 Å². The molecule has 0 aliphatic heterocycles. The van der Waals surface area contributed by atoms with E-state index in [1.807, 2.05) is 44.2 Å². The number of benzene rings is 2. The summed E-state index contributed by atoms with van der Waals surface area (Å²) in [6.07, 6.45) is 0. The third-order valence-corrected chi connectivity index (χ3v) is 7.31. The second kappa shape index (κ2) is 9.77. The van der Waals surface area contributed by atoms with Crippen molar-refractivity contribution in [1.82, 2.24) is 14.0 Å². The summed E-state index contributed by atoms with van der Waals surface area (Å²) in [5.41, 5.74) is 0.698. The van der Waals surface area contributed by atoms with Gasteiger partial charge in [0.2, 0.25) is 0 Å². The molecule has 4 rings (SSSR count). The van der Waals surface area contributed by atoms with E-state index in [1.54, 1.807) is 30.0 Å². The number of amides is 1. The Hall–Kier alpha value is -3.52. The summed E-state index contributed by atoms with van der Waals surface area (Å²) < 4.78 is 17.1. The van der Waals surface area contributed by atoms with Crippen molar-refractivity contribution in [1.29, 1.82) is 0 Å². The van der Waals surface area contributed by atoms with E-state index in [2.05, 4.69) is 0 Å². The molecule has 8 heteroatoms. The quantitative estimate of drug-likeness (QED) is 0.398. The van der Waals surface area contributed by atoms with E-state index < -0.39 is 17.1 Å². The van der Waals surface area contributed by atoms with Crippen molar-refractivity contribution in [3.8, 4) is 0 Å². The Morgan fingerprint density at radius 2 is 1.59 bits per heavy atom. The monoisotopic (exact) mass is 479 g/mol. The molecule has 0 saturated carbocycles. The molecule has 6 nitrogen and oxygen atoms in total. The number of hydrogen-bond acceptors (Lipinski definition) is 4. The topological polar surface area (TPSA) is 64.3 Å². The van der Waals surface area contributed by atoms with Crippen LogP contribution in [0.1, 0.15) is 40.2 Å². The number of thiophene rings is 1. The number of aromatic nitrogens is 2. The fraction of sp³-hybridized carbons (Fsp3) is 0.269. The Bertz CT molecular complexity index is 1470. The normalized spacial score (nSPS) is 11.2. The summed E-state index contributed by atoms with van der Waals surface area (Å²) in [5, 5.41) is 0.326. The highest BCUT2D eigenvalue weighted by Gasteiger charge is 2.25. The second-order valence-electron chi connectivity index (χ2n) is 8.05. The Morgan fingerprint density at radius 3 is 2.24 bits per heavy atom. The van der Waals surface area contributed by atoms with Crippen LogP contribution in [0, 0.1) is 12.7 Å². The molecule has 0 atom stereocenters.